The number of primary amides is 2. The first-order chi connectivity index (χ1) is 6.65. The predicted octanol–water partition coefficient (Wildman–Crippen LogP) is 1.72. The molecule has 0 saturated heterocycles. The van der Waals surface area contributed by atoms with E-state index in [4.69, 9.17) is 10.5 Å². The second-order valence-electron chi connectivity index (χ2n) is 3.31. The molecule has 0 atom stereocenters. The number of nitrogens with two attached hydrogens (primary N) is 3. The van der Waals surface area contributed by atoms with Gasteiger partial charge in [0, 0.05) is 0 Å². The SMILES string of the molecule is CCCCCCCCCN.NC(N)=O. The third kappa shape index (κ3) is 30.3. The molecule has 2 amide bonds. The van der Waals surface area contributed by atoms with Crippen LogP contribution < -0.4 is 17.2 Å². The van der Waals surface area contributed by atoms with Crippen molar-refractivity contribution >= 4 is 6.03 Å². The Kier molecular flexibility index (Phi) is 16.5. The van der Waals surface area contributed by atoms with Gasteiger partial charge in [0.25, 0.3) is 0 Å². The summed E-state index contributed by atoms with van der Waals surface area (Å²) in [7, 11) is 0. The van der Waals surface area contributed by atoms with Gasteiger partial charge >= 0.3 is 6.03 Å². The van der Waals surface area contributed by atoms with Crippen molar-refractivity contribution in [2.24, 2.45) is 17.2 Å². The number of hydrogen-bond acceptors (Lipinski definition) is 2. The molecule has 0 spiro atoms. The van der Waals surface area contributed by atoms with E-state index in [1.807, 2.05) is 0 Å². The molecule has 86 valence electrons. The lowest BCUT2D eigenvalue weighted by molar-refractivity contribution is 0.256. The lowest BCUT2D eigenvalue weighted by Gasteiger charge is -1.97. The molecular weight excluding hydrogens is 178 g/mol. The molecular formula is C10H25N3O. The van der Waals surface area contributed by atoms with E-state index in [0.29, 0.717) is 0 Å². The van der Waals surface area contributed by atoms with Crippen LogP contribution in [0.3, 0.4) is 0 Å². The lowest BCUT2D eigenvalue weighted by Crippen LogP contribution is -2.18. The average Bonchev–Trinajstić information content (AvgIpc) is 2.10. The number of amides is 2. The van der Waals surface area contributed by atoms with Crippen LogP contribution in [0.25, 0.3) is 0 Å². The molecule has 0 radical (unpaired) electrons. The van der Waals surface area contributed by atoms with Gasteiger partial charge in [0.1, 0.15) is 0 Å². The lowest BCUT2D eigenvalue weighted by atomic mass is 10.1. The van der Waals surface area contributed by atoms with Crippen LogP contribution in [-0.4, -0.2) is 12.6 Å². The van der Waals surface area contributed by atoms with Crippen LogP contribution in [0.5, 0.6) is 0 Å². The van der Waals surface area contributed by atoms with Crippen LogP contribution in [-0.2, 0) is 0 Å². The van der Waals surface area contributed by atoms with Crippen LogP contribution in [0.15, 0.2) is 0 Å². The second-order valence-corrected chi connectivity index (χ2v) is 3.31. The number of hydrogen-bond donors (Lipinski definition) is 3. The fourth-order valence-corrected chi connectivity index (χ4v) is 1.10. The molecule has 0 aromatic rings. The van der Waals surface area contributed by atoms with Gasteiger partial charge in [0.2, 0.25) is 0 Å². The average molecular weight is 203 g/mol. The molecule has 0 aliphatic rings. The van der Waals surface area contributed by atoms with Crippen molar-refractivity contribution in [3.8, 4) is 0 Å². The molecule has 4 heteroatoms. The Bertz CT molecular complexity index is 106. The molecule has 0 fully saturated rings. The number of rotatable bonds is 7. The Hall–Kier alpha value is -0.770. The normalized spacial score (nSPS) is 9.00. The van der Waals surface area contributed by atoms with Gasteiger partial charge in [-0.1, -0.05) is 45.4 Å². The Morgan fingerprint density at radius 3 is 1.64 bits per heavy atom. The molecule has 6 N–H and O–H groups in total. The van der Waals surface area contributed by atoms with Gasteiger partial charge in [0.15, 0.2) is 0 Å². The Morgan fingerprint density at radius 2 is 1.29 bits per heavy atom. The molecule has 0 rings (SSSR count). The summed E-state index contributed by atoms with van der Waals surface area (Å²) in [6.45, 7) is 3.12. The van der Waals surface area contributed by atoms with E-state index in [0.717, 1.165) is 6.54 Å². The Morgan fingerprint density at radius 1 is 0.929 bits per heavy atom. The zero-order valence-electron chi connectivity index (χ0n) is 9.30. The van der Waals surface area contributed by atoms with Crippen LogP contribution in [0.2, 0.25) is 0 Å². The van der Waals surface area contributed by atoms with Crippen LogP contribution in [0, 0.1) is 0 Å². The van der Waals surface area contributed by atoms with Crippen molar-refractivity contribution in [2.75, 3.05) is 6.54 Å². The van der Waals surface area contributed by atoms with Gasteiger partial charge in [-0.05, 0) is 13.0 Å². The predicted molar refractivity (Wildman–Crippen MR) is 60.8 cm³/mol. The Labute approximate surface area is 87.2 Å². The first-order valence-electron chi connectivity index (χ1n) is 5.40. The number of carbonyl (C=O) groups excluding carboxylic acids is 1. The van der Waals surface area contributed by atoms with E-state index in [1.165, 1.54) is 44.9 Å². The molecule has 0 heterocycles. The van der Waals surface area contributed by atoms with E-state index < -0.39 is 6.03 Å². The largest absolute Gasteiger partial charge is 0.352 e. The molecule has 0 aliphatic carbocycles. The van der Waals surface area contributed by atoms with Gasteiger partial charge in [-0.25, -0.2) is 4.79 Å². The fraction of sp³-hybridized carbons (Fsp3) is 0.900. The summed E-state index contributed by atoms with van der Waals surface area (Å²) in [6, 6.07) is -0.833. The third-order valence-electron chi connectivity index (χ3n) is 1.81. The van der Waals surface area contributed by atoms with E-state index in [-0.39, 0.29) is 0 Å². The number of carbonyl (C=O) groups is 1. The maximum Gasteiger partial charge on any atom is 0.309 e. The summed E-state index contributed by atoms with van der Waals surface area (Å²) in [5.74, 6) is 0. The van der Waals surface area contributed by atoms with Crippen LogP contribution in [0.4, 0.5) is 4.79 Å². The summed E-state index contributed by atoms with van der Waals surface area (Å²) in [5, 5.41) is 0. The van der Waals surface area contributed by atoms with Gasteiger partial charge in [-0.3, -0.25) is 0 Å². The fourth-order valence-electron chi connectivity index (χ4n) is 1.10. The van der Waals surface area contributed by atoms with Crippen molar-refractivity contribution < 1.29 is 4.79 Å². The monoisotopic (exact) mass is 203 g/mol. The molecule has 0 aromatic carbocycles. The highest BCUT2D eigenvalue weighted by Gasteiger charge is 1.87. The van der Waals surface area contributed by atoms with Crippen molar-refractivity contribution in [3.63, 3.8) is 0 Å². The smallest absolute Gasteiger partial charge is 0.309 e. The summed E-state index contributed by atoms with van der Waals surface area (Å²) in [5.41, 5.74) is 13.9. The van der Waals surface area contributed by atoms with Crippen molar-refractivity contribution in [1.82, 2.24) is 0 Å². The minimum atomic E-state index is -0.833. The molecule has 4 nitrogen and oxygen atoms in total. The molecule has 14 heavy (non-hydrogen) atoms. The topological polar surface area (TPSA) is 95.1 Å². The maximum atomic E-state index is 9.00. The highest BCUT2D eigenvalue weighted by molar-refractivity contribution is 5.69. The van der Waals surface area contributed by atoms with Gasteiger partial charge < -0.3 is 17.2 Å². The van der Waals surface area contributed by atoms with Crippen LogP contribution in [0.1, 0.15) is 51.9 Å². The zero-order chi connectivity index (χ0) is 11.2. The standard InChI is InChI=1S/C9H21N.CH4N2O/c1-2-3-4-5-6-7-8-9-10;2-1(3)4/h2-10H2,1H3;(H4,2,3,4). The van der Waals surface area contributed by atoms with Crippen molar-refractivity contribution in [2.45, 2.75) is 51.9 Å². The number of unbranched alkanes of at least 4 members (excludes halogenated alkanes) is 6. The summed E-state index contributed by atoms with van der Waals surface area (Å²) >= 11 is 0. The summed E-state index contributed by atoms with van der Waals surface area (Å²) in [4.78, 5) is 9.00. The van der Waals surface area contributed by atoms with Crippen molar-refractivity contribution in [1.29, 1.82) is 0 Å². The van der Waals surface area contributed by atoms with Gasteiger partial charge in [-0.2, -0.15) is 0 Å². The second kappa shape index (κ2) is 14.7. The minimum absolute atomic E-state index is 0.833. The molecule has 0 saturated carbocycles. The van der Waals surface area contributed by atoms with E-state index >= 15 is 0 Å². The molecule has 0 aromatic heterocycles. The third-order valence-corrected chi connectivity index (χ3v) is 1.81. The number of urea groups is 1. The van der Waals surface area contributed by atoms with Gasteiger partial charge in [0.05, 0.1) is 0 Å². The minimum Gasteiger partial charge on any atom is -0.352 e. The van der Waals surface area contributed by atoms with Crippen molar-refractivity contribution in [3.05, 3.63) is 0 Å². The zero-order valence-corrected chi connectivity index (χ0v) is 9.30. The Balaban J connectivity index is 0. The molecule has 0 bridgehead atoms. The maximum absolute atomic E-state index is 9.00. The van der Waals surface area contributed by atoms with Gasteiger partial charge in [-0.15, -0.1) is 0 Å². The van der Waals surface area contributed by atoms with Crippen LogP contribution >= 0.6 is 0 Å². The summed E-state index contributed by atoms with van der Waals surface area (Å²) < 4.78 is 0. The first-order valence-corrected chi connectivity index (χ1v) is 5.40. The molecule has 0 aliphatic heterocycles. The quantitative estimate of drug-likeness (QED) is 0.549. The van der Waals surface area contributed by atoms with E-state index in [1.54, 1.807) is 0 Å². The summed E-state index contributed by atoms with van der Waals surface area (Å²) in [6.07, 6.45) is 9.51. The first kappa shape index (κ1) is 15.7. The highest BCUT2D eigenvalue weighted by Crippen LogP contribution is 2.05. The molecule has 0 unspecified atom stereocenters. The van der Waals surface area contributed by atoms with E-state index in [9.17, 15) is 0 Å². The highest BCUT2D eigenvalue weighted by atomic mass is 16.2. The van der Waals surface area contributed by atoms with E-state index in [2.05, 4.69) is 18.4 Å².